The van der Waals surface area contributed by atoms with Crippen LogP contribution in [0, 0.1) is 5.82 Å². The predicted octanol–water partition coefficient (Wildman–Crippen LogP) is 3.98. The lowest BCUT2D eigenvalue weighted by atomic mass is 10.1. The number of hydrogen-bond acceptors (Lipinski definition) is 4. The Hall–Kier alpha value is -2.38. The van der Waals surface area contributed by atoms with Crippen molar-refractivity contribution in [1.82, 2.24) is 4.90 Å². The number of furan rings is 1. The quantitative estimate of drug-likeness (QED) is 0.607. The first-order valence-electron chi connectivity index (χ1n) is 9.21. The molecule has 0 spiro atoms. The zero-order valence-corrected chi connectivity index (χ0v) is 17.0. The number of fused-ring (bicyclic) bond motifs is 1. The summed E-state index contributed by atoms with van der Waals surface area (Å²) >= 11 is 5.94. The summed E-state index contributed by atoms with van der Waals surface area (Å²) in [5, 5.41) is 1.13. The van der Waals surface area contributed by atoms with E-state index in [1.165, 1.54) is 24.5 Å². The zero-order valence-electron chi connectivity index (χ0n) is 15.5. The molecule has 1 aromatic heterocycles. The molecular formula is C21H19ClFNO4S. The first-order chi connectivity index (χ1) is 13.8. The van der Waals surface area contributed by atoms with Crippen molar-refractivity contribution >= 4 is 38.3 Å². The highest BCUT2D eigenvalue weighted by molar-refractivity contribution is 7.91. The van der Waals surface area contributed by atoms with Crippen molar-refractivity contribution in [3.05, 3.63) is 70.7 Å². The molecule has 4 rings (SSSR count). The van der Waals surface area contributed by atoms with E-state index >= 15 is 0 Å². The first-order valence-corrected chi connectivity index (χ1v) is 11.4. The maximum atomic E-state index is 13.6. The SMILES string of the molecule is O=C(Cc1coc2ccc(F)cc12)N(Cc1ccc(Cl)cc1)C1CCS(=O)(=O)C1. The van der Waals surface area contributed by atoms with Crippen molar-refractivity contribution in [2.24, 2.45) is 0 Å². The Morgan fingerprint density at radius 3 is 2.66 bits per heavy atom. The van der Waals surface area contributed by atoms with Crippen molar-refractivity contribution in [2.75, 3.05) is 11.5 Å². The van der Waals surface area contributed by atoms with Crippen LogP contribution in [0.5, 0.6) is 0 Å². The molecular weight excluding hydrogens is 417 g/mol. The molecule has 0 aliphatic carbocycles. The van der Waals surface area contributed by atoms with Crippen LogP contribution in [0.3, 0.4) is 0 Å². The monoisotopic (exact) mass is 435 g/mol. The van der Waals surface area contributed by atoms with E-state index in [1.807, 2.05) is 12.1 Å². The fourth-order valence-electron chi connectivity index (χ4n) is 3.68. The number of amides is 1. The van der Waals surface area contributed by atoms with Gasteiger partial charge in [-0.2, -0.15) is 0 Å². The number of carbonyl (C=O) groups is 1. The topological polar surface area (TPSA) is 67.6 Å². The second kappa shape index (κ2) is 7.80. The molecule has 1 amide bonds. The van der Waals surface area contributed by atoms with E-state index < -0.39 is 21.7 Å². The van der Waals surface area contributed by atoms with Gasteiger partial charge >= 0.3 is 0 Å². The van der Waals surface area contributed by atoms with Gasteiger partial charge in [0.1, 0.15) is 11.4 Å². The molecule has 1 atom stereocenters. The summed E-state index contributed by atoms with van der Waals surface area (Å²) in [7, 11) is -3.16. The highest BCUT2D eigenvalue weighted by Gasteiger charge is 2.34. The number of rotatable bonds is 5. The Balaban J connectivity index is 1.61. The number of benzene rings is 2. The molecule has 152 valence electrons. The summed E-state index contributed by atoms with van der Waals surface area (Å²) < 4.78 is 43.0. The smallest absolute Gasteiger partial charge is 0.227 e. The minimum absolute atomic E-state index is 0.000586. The largest absolute Gasteiger partial charge is 0.464 e. The Morgan fingerprint density at radius 1 is 1.21 bits per heavy atom. The van der Waals surface area contributed by atoms with Gasteiger partial charge in [0.05, 0.1) is 24.2 Å². The lowest BCUT2D eigenvalue weighted by Gasteiger charge is -2.28. The summed E-state index contributed by atoms with van der Waals surface area (Å²) in [5.74, 6) is -0.615. The van der Waals surface area contributed by atoms with Gasteiger partial charge in [0.25, 0.3) is 0 Å². The van der Waals surface area contributed by atoms with E-state index in [0.29, 0.717) is 28.0 Å². The average molecular weight is 436 g/mol. The predicted molar refractivity (Wildman–Crippen MR) is 109 cm³/mol. The molecule has 5 nitrogen and oxygen atoms in total. The van der Waals surface area contributed by atoms with Gasteiger partial charge in [-0.1, -0.05) is 23.7 Å². The molecule has 0 bridgehead atoms. The summed E-state index contributed by atoms with van der Waals surface area (Å²) in [5.41, 5.74) is 1.93. The Labute approximate surface area is 173 Å². The Bertz CT molecular complexity index is 1160. The van der Waals surface area contributed by atoms with Crippen LogP contribution >= 0.6 is 11.6 Å². The Morgan fingerprint density at radius 2 is 1.97 bits per heavy atom. The third kappa shape index (κ3) is 4.46. The lowest BCUT2D eigenvalue weighted by molar-refractivity contribution is -0.133. The Kier molecular flexibility index (Phi) is 5.36. The van der Waals surface area contributed by atoms with E-state index in [-0.39, 0.29) is 30.4 Å². The minimum atomic E-state index is -3.16. The maximum absolute atomic E-state index is 13.6. The van der Waals surface area contributed by atoms with Crippen molar-refractivity contribution in [3.8, 4) is 0 Å². The van der Waals surface area contributed by atoms with Crippen LogP contribution in [0.15, 0.2) is 53.1 Å². The van der Waals surface area contributed by atoms with Crippen LogP contribution < -0.4 is 0 Å². The highest BCUT2D eigenvalue weighted by Crippen LogP contribution is 2.26. The van der Waals surface area contributed by atoms with E-state index in [0.717, 1.165) is 5.56 Å². The van der Waals surface area contributed by atoms with Crippen LogP contribution in [-0.2, 0) is 27.6 Å². The molecule has 1 fully saturated rings. The van der Waals surface area contributed by atoms with Crippen molar-refractivity contribution in [1.29, 1.82) is 0 Å². The molecule has 8 heteroatoms. The fourth-order valence-corrected chi connectivity index (χ4v) is 5.54. The standard InChI is InChI=1S/C21H19ClFNO4S/c22-16-3-1-14(2-4-16)11-24(18-7-8-29(26,27)13-18)21(25)9-15-12-28-20-6-5-17(23)10-19(15)20/h1-6,10,12,18H,7-9,11,13H2. The van der Waals surface area contributed by atoms with E-state index in [9.17, 15) is 17.6 Å². The highest BCUT2D eigenvalue weighted by atomic mass is 35.5. The van der Waals surface area contributed by atoms with Crippen LogP contribution in [-0.4, -0.2) is 36.8 Å². The molecule has 1 saturated heterocycles. The van der Waals surface area contributed by atoms with Crippen LogP contribution in [0.1, 0.15) is 17.5 Å². The zero-order chi connectivity index (χ0) is 20.6. The molecule has 0 N–H and O–H groups in total. The summed E-state index contributed by atoms with van der Waals surface area (Å²) in [6.07, 6.45) is 1.86. The maximum Gasteiger partial charge on any atom is 0.227 e. The lowest BCUT2D eigenvalue weighted by Crippen LogP contribution is -2.41. The van der Waals surface area contributed by atoms with Crippen molar-refractivity contribution in [2.45, 2.75) is 25.4 Å². The third-order valence-corrected chi connectivity index (χ3v) is 7.20. The normalized spacial score (nSPS) is 18.2. The van der Waals surface area contributed by atoms with Crippen LogP contribution in [0.25, 0.3) is 11.0 Å². The first kappa shape index (κ1) is 19.9. The number of nitrogens with zero attached hydrogens (tertiary/aromatic N) is 1. The van der Waals surface area contributed by atoms with E-state index in [1.54, 1.807) is 17.0 Å². The minimum Gasteiger partial charge on any atom is -0.464 e. The van der Waals surface area contributed by atoms with Crippen LogP contribution in [0.4, 0.5) is 4.39 Å². The fraction of sp³-hybridized carbons (Fsp3) is 0.286. The third-order valence-electron chi connectivity index (χ3n) is 5.19. The molecule has 1 aliphatic heterocycles. The second-order valence-corrected chi connectivity index (χ2v) is 9.95. The number of carbonyl (C=O) groups excluding carboxylic acids is 1. The van der Waals surface area contributed by atoms with Crippen LogP contribution in [0.2, 0.25) is 5.02 Å². The van der Waals surface area contributed by atoms with Gasteiger partial charge in [-0.05, 0) is 42.3 Å². The molecule has 2 heterocycles. The summed E-state index contributed by atoms with van der Waals surface area (Å²) in [4.78, 5) is 14.8. The van der Waals surface area contributed by atoms with Crippen molar-refractivity contribution in [3.63, 3.8) is 0 Å². The molecule has 2 aromatic carbocycles. The summed E-state index contributed by atoms with van der Waals surface area (Å²) in [6, 6.07) is 10.9. The summed E-state index contributed by atoms with van der Waals surface area (Å²) in [6.45, 7) is 0.278. The van der Waals surface area contributed by atoms with E-state index in [4.69, 9.17) is 16.0 Å². The molecule has 3 aromatic rings. The molecule has 0 radical (unpaired) electrons. The van der Waals surface area contributed by atoms with Gasteiger partial charge in [0, 0.05) is 28.6 Å². The number of sulfone groups is 1. The van der Waals surface area contributed by atoms with Gasteiger partial charge < -0.3 is 9.32 Å². The van der Waals surface area contributed by atoms with Crippen molar-refractivity contribution < 1.29 is 22.0 Å². The molecule has 1 aliphatic rings. The number of hydrogen-bond donors (Lipinski definition) is 0. The second-order valence-electron chi connectivity index (χ2n) is 7.28. The van der Waals surface area contributed by atoms with Gasteiger partial charge in [0.2, 0.25) is 5.91 Å². The number of halogens is 2. The molecule has 0 saturated carbocycles. The van der Waals surface area contributed by atoms with Gasteiger partial charge in [-0.25, -0.2) is 12.8 Å². The van der Waals surface area contributed by atoms with Gasteiger partial charge in [-0.3, -0.25) is 4.79 Å². The van der Waals surface area contributed by atoms with Gasteiger partial charge in [-0.15, -0.1) is 0 Å². The molecule has 1 unspecified atom stereocenters. The molecule has 29 heavy (non-hydrogen) atoms. The van der Waals surface area contributed by atoms with Gasteiger partial charge in [0.15, 0.2) is 9.84 Å². The van der Waals surface area contributed by atoms with E-state index in [2.05, 4.69) is 0 Å². The average Bonchev–Trinajstić information content (AvgIpc) is 3.23.